The minimum absolute atomic E-state index is 0.701. The fourth-order valence-electron chi connectivity index (χ4n) is 1.84. The van der Waals surface area contributed by atoms with Gasteiger partial charge in [0.2, 0.25) is 0 Å². The Morgan fingerprint density at radius 1 is 1.50 bits per heavy atom. The molecule has 0 saturated heterocycles. The third kappa shape index (κ3) is 1.37. The molecule has 1 aliphatic carbocycles. The van der Waals surface area contributed by atoms with Gasteiger partial charge in [-0.1, -0.05) is 18.5 Å². The molecule has 12 heavy (non-hydrogen) atoms. The van der Waals surface area contributed by atoms with Crippen molar-refractivity contribution < 1.29 is 0 Å². The van der Waals surface area contributed by atoms with Crippen LogP contribution in [0, 0.1) is 3.57 Å². The topological polar surface area (TPSA) is 0 Å². The first-order valence-electron chi connectivity index (χ1n) is 4.16. The monoisotopic (exact) mass is 292 g/mol. The second-order valence-electron chi connectivity index (χ2n) is 3.40. The van der Waals surface area contributed by atoms with E-state index in [9.17, 15) is 0 Å². The van der Waals surface area contributed by atoms with Crippen LogP contribution in [0.3, 0.4) is 0 Å². The Hall–Kier alpha value is 0.240. The zero-order valence-corrected chi connectivity index (χ0v) is 9.82. The van der Waals surface area contributed by atoms with Crippen LogP contribution in [0.15, 0.2) is 12.1 Å². The first-order valence-corrected chi connectivity index (χ1v) is 5.62. The maximum absolute atomic E-state index is 5.99. The molecular formula is C10H10ClI. The molecule has 1 atom stereocenters. The van der Waals surface area contributed by atoms with Crippen molar-refractivity contribution in [1.29, 1.82) is 0 Å². The van der Waals surface area contributed by atoms with Gasteiger partial charge in [-0.05, 0) is 64.6 Å². The van der Waals surface area contributed by atoms with E-state index in [1.54, 1.807) is 0 Å². The third-order valence-electron chi connectivity index (χ3n) is 2.55. The Balaban J connectivity index is 2.60. The van der Waals surface area contributed by atoms with E-state index in [1.165, 1.54) is 27.5 Å². The van der Waals surface area contributed by atoms with E-state index in [0.717, 1.165) is 5.02 Å². The molecule has 0 nitrogen and oxygen atoms in total. The maximum atomic E-state index is 5.99. The van der Waals surface area contributed by atoms with Gasteiger partial charge in [0.15, 0.2) is 0 Å². The standard InChI is InChI=1S/C10H10ClI/c1-6-2-3-8-9(6)4-7(11)5-10(8)12/h4-6H,2-3H2,1H3. The quantitative estimate of drug-likeness (QED) is 0.634. The molecule has 2 rings (SSSR count). The van der Waals surface area contributed by atoms with E-state index < -0.39 is 0 Å². The number of hydrogen-bond acceptors (Lipinski definition) is 0. The lowest BCUT2D eigenvalue weighted by molar-refractivity contribution is 0.747. The number of benzene rings is 1. The molecule has 0 aliphatic heterocycles. The van der Waals surface area contributed by atoms with Crippen molar-refractivity contribution in [3.05, 3.63) is 31.9 Å². The van der Waals surface area contributed by atoms with Crippen LogP contribution in [0.2, 0.25) is 5.02 Å². The van der Waals surface area contributed by atoms with Gasteiger partial charge in [-0.15, -0.1) is 0 Å². The molecule has 2 heteroatoms. The first kappa shape index (κ1) is 8.82. The van der Waals surface area contributed by atoms with Gasteiger partial charge in [-0.3, -0.25) is 0 Å². The average molecular weight is 293 g/mol. The smallest absolute Gasteiger partial charge is 0.0419 e. The lowest BCUT2D eigenvalue weighted by Gasteiger charge is -2.06. The van der Waals surface area contributed by atoms with Crippen molar-refractivity contribution in [3.8, 4) is 0 Å². The number of rotatable bonds is 0. The van der Waals surface area contributed by atoms with E-state index in [0.29, 0.717) is 5.92 Å². The highest BCUT2D eigenvalue weighted by molar-refractivity contribution is 14.1. The summed E-state index contributed by atoms with van der Waals surface area (Å²) < 4.78 is 1.33. The van der Waals surface area contributed by atoms with Gasteiger partial charge >= 0.3 is 0 Å². The number of halogens is 2. The lowest BCUT2D eigenvalue weighted by Crippen LogP contribution is -1.88. The largest absolute Gasteiger partial charge is 0.0843 e. The molecule has 0 bridgehead atoms. The Bertz CT molecular complexity index is 320. The zero-order chi connectivity index (χ0) is 8.72. The minimum Gasteiger partial charge on any atom is -0.0843 e. The molecule has 0 heterocycles. The number of fused-ring (bicyclic) bond motifs is 1. The van der Waals surface area contributed by atoms with Gasteiger partial charge in [0.05, 0.1) is 0 Å². The summed E-state index contributed by atoms with van der Waals surface area (Å²) in [6, 6.07) is 4.18. The molecule has 0 saturated carbocycles. The van der Waals surface area contributed by atoms with Crippen LogP contribution in [0.1, 0.15) is 30.4 Å². The summed E-state index contributed by atoms with van der Waals surface area (Å²) in [4.78, 5) is 0. The Morgan fingerprint density at radius 3 is 3.00 bits per heavy atom. The van der Waals surface area contributed by atoms with Gasteiger partial charge in [-0.2, -0.15) is 0 Å². The molecule has 0 spiro atoms. The SMILES string of the molecule is CC1CCc2c(I)cc(Cl)cc21. The molecule has 0 fully saturated rings. The van der Waals surface area contributed by atoms with Crippen molar-refractivity contribution in [1.82, 2.24) is 0 Å². The highest BCUT2D eigenvalue weighted by atomic mass is 127. The summed E-state index contributed by atoms with van der Waals surface area (Å²) in [7, 11) is 0. The summed E-state index contributed by atoms with van der Waals surface area (Å²) in [6.07, 6.45) is 2.51. The fourth-order valence-corrected chi connectivity index (χ4v) is 3.17. The van der Waals surface area contributed by atoms with E-state index in [2.05, 4.69) is 41.6 Å². The summed E-state index contributed by atoms with van der Waals surface area (Å²) >= 11 is 8.37. The van der Waals surface area contributed by atoms with Crippen LogP contribution in [0.5, 0.6) is 0 Å². The van der Waals surface area contributed by atoms with Gasteiger partial charge in [0.25, 0.3) is 0 Å². The molecule has 64 valence electrons. The predicted molar refractivity (Wildman–Crippen MR) is 60.9 cm³/mol. The summed E-state index contributed by atoms with van der Waals surface area (Å²) in [6.45, 7) is 2.28. The van der Waals surface area contributed by atoms with Crippen LogP contribution in [-0.2, 0) is 6.42 Å². The van der Waals surface area contributed by atoms with Gasteiger partial charge in [-0.25, -0.2) is 0 Å². The molecule has 0 N–H and O–H groups in total. The lowest BCUT2D eigenvalue weighted by atomic mass is 10.0. The molecule has 0 radical (unpaired) electrons. The Kier molecular flexibility index (Phi) is 2.34. The molecule has 1 unspecified atom stereocenters. The molecule has 1 aliphatic rings. The van der Waals surface area contributed by atoms with Gasteiger partial charge in [0, 0.05) is 8.59 Å². The first-order chi connectivity index (χ1) is 5.68. The Labute approximate surface area is 91.5 Å². The molecule has 1 aromatic rings. The zero-order valence-electron chi connectivity index (χ0n) is 6.90. The summed E-state index contributed by atoms with van der Waals surface area (Å²) in [5, 5.41) is 0.881. The van der Waals surface area contributed by atoms with E-state index >= 15 is 0 Å². The van der Waals surface area contributed by atoms with Crippen LogP contribution in [-0.4, -0.2) is 0 Å². The highest BCUT2D eigenvalue weighted by Crippen LogP contribution is 2.37. The molecular weight excluding hydrogens is 282 g/mol. The summed E-state index contributed by atoms with van der Waals surface area (Å²) in [5.41, 5.74) is 2.99. The minimum atomic E-state index is 0.701. The summed E-state index contributed by atoms with van der Waals surface area (Å²) in [5.74, 6) is 0.701. The average Bonchev–Trinajstić information content (AvgIpc) is 2.33. The maximum Gasteiger partial charge on any atom is 0.0419 e. The number of hydrogen-bond donors (Lipinski definition) is 0. The second-order valence-corrected chi connectivity index (χ2v) is 4.99. The van der Waals surface area contributed by atoms with Crippen LogP contribution in [0.4, 0.5) is 0 Å². The molecule has 1 aromatic carbocycles. The van der Waals surface area contributed by atoms with Gasteiger partial charge in [0.1, 0.15) is 0 Å². The highest BCUT2D eigenvalue weighted by Gasteiger charge is 2.20. The van der Waals surface area contributed by atoms with Crippen molar-refractivity contribution >= 4 is 34.2 Å². The van der Waals surface area contributed by atoms with Crippen LogP contribution >= 0.6 is 34.2 Å². The van der Waals surface area contributed by atoms with E-state index in [4.69, 9.17) is 11.6 Å². The Morgan fingerprint density at radius 2 is 2.25 bits per heavy atom. The van der Waals surface area contributed by atoms with E-state index in [1.807, 2.05) is 0 Å². The predicted octanol–water partition coefficient (Wildman–Crippen LogP) is 3.99. The fraction of sp³-hybridized carbons (Fsp3) is 0.400. The van der Waals surface area contributed by atoms with Gasteiger partial charge < -0.3 is 0 Å². The normalized spacial score (nSPS) is 21.1. The second kappa shape index (κ2) is 3.18. The van der Waals surface area contributed by atoms with Crippen LogP contribution < -0.4 is 0 Å². The third-order valence-corrected chi connectivity index (χ3v) is 3.73. The van der Waals surface area contributed by atoms with Crippen molar-refractivity contribution in [2.75, 3.05) is 0 Å². The molecule has 0 amide bonds. The molecule has 0 aromatic heterocycles. The van der Waals surface area contributed by atoms with Crippen molar-refractivity contribution in [3.63, 3.8) is 0 Å². The van der Waals surface area contributed by atoms with Crippen molar-refractivity contribution in [2.24, 2.45) is 0 Å². The van der Waals surface area contributed by atoms with Crippen LogP contribution in [0.25, 0.3) is 0 Å². The van der Waals surface area contributed by atoms with E-state index in [-0.39, 0.29) is 0 Å². The van der Waals surface area contributed by atoms with Crippen molar-refractivity contribution in [2.45, 2.75) is 25.7 Å².